The molecule has 0 aliphatic carbocycles. The van der Waals surface area contributed by atoms with E-state index in [9.17, 15) is 14.4 Å². The Morgan fingerprint density at radius 2 is 1.62 bits per heavy atom. The number of nitrogens with zero attached hydrogens (tertiary/aromatic N) is 1. The van der Waals surface area contributed by atoms with Crippen LogP contribution in [0.5, 0.6) is 0 Å². The zero-order valence-corrected chi connectivity index (χ0v) is 15.3. The fourth-order valence-corrected chi connectivity index (χ4v) is 2.56. The van der Waals surface area contributed by atoms with Crippen molar-refractivity contribution in [2.75, 3.05) is 17.2 Å². The Kier molecular flexibility index (Phi) is 6.74. The van der Waals surface area contributed by atoms with Crippen LogP contribution in [0.4, 0.5) is 11.4 Å². The van der Waals surface area contributed by atoms with Crippen LogP contribution in [0.15, 0.2) is 48.5 Å². The third-order valence-electron chi connectivity index (χ3n) is 3.57. The molecule has 0 fully saturated rings. The summed E-state index contributed by atoms with van der Waals surface area (Å²) < 4.78 is 0. The molecule has 0 atom stereocenters. The predicted octanol–water partition coefficient (Wildman–Crippen LogP) is 3.29. The highest BCUT2D eigenvalue weighted by Gasteiger charge is 2.15. The topological polar surface area (TPSA) is 78.5 Å². The number of benzene rings is 2. The summed E-state index contributed by atoms with van der Waals surface area (Å²) in [6.07, 6.45) is 0. The maximum absolute atomic E-state index is 12.3. The molecule has 2 aromatic rings. The van der Waals surface area contributed by atoms with Crippen molar-refractivity contribution < 1.29 is 14.4 Å². The van der Waals surface area contributed by atoms with Crippen LogP contribution in [0.2, 0.25) is 5.02 Å². The number of carbonyl (C=O) groups excluding carboxylic acids is 3. The lowest BCUT2D eigenvalue weighted by Crippen LogP contribution is -2.36. The summed E-state index contributed by atoms with van der Waals surface area (Å²) in [5.41, 5.74) is 1.88. The Bertz CT molecular complexity index is 823. The van der Waals surface area contributed by atoms with E-state index >= 15 is 0 Å². The Labute approximate surface area is 157 Å². The quantitative estimate of drug-likeness (QED) is 0.815. The van der Waals surface area contributed by atoms with Crippen molar-refractivity contribution in [3.63, 3.8) is 0 Å². The maximum Gasteiger partial charge on any atom is 0.244 e. The number of hydrogen-bond acceptors (Lipinski definition) is 3. The first-order chi connectivity index (χ1) is 12.3. The summed E-state index contributed by atoms with van der Waals surface area (Å²) in [5, 5.41) is 5.91. The number of hydrogen-bond donors (Lipinski definition) is 2. The molecule has 0 bridgehead atoms. The van der Waals surface area contributed by atoms with Crippen LogP contribution >= 0.6 is 11.6 Å². The minimum Gasteiger partial charge on any atom is -0.329 e. The molecule has 2 rings (SSSR count). The SMILES string of the molecule is CC(=O)Nc1cccc(NC(=O)CN(Cc2ccccc2Cl)C(C)=O)c1. The van der Waals surface area contributed by atoms with Gasteiger partial charge in [0.15, 0.2) is 0 Å². The molecular weight excluding hydrogens is 354 g/mol. The van der Waals surface area contributed by atoms with E-state index < -0.39 is 0 Å². The minimum absolute atomic E-state index is 0.106. The fraction of sp³-hybridized carbons (Fsp3) is 0.211. The smallest absolute Gasteiger partial charge is 0.244 e. The number of anilines is 2. The molecule has 6 nitrogen and oxygen atoms in total. The average Bonchev–Trinajstić information content (AvgIpc) is 2.55. The number of amides is 3. The lowest BCUT2D eigenvalue weighted by atomic mass is 10.2. The Morgan fingerprint density at radius 1 is 0.962 bits per heavy atom. The second kappa shape index (κ2) is 9.01. The van der Waals surface area contributed by atoms with E-state index in [1.165, 1.54) is 18.7 Å². The van der Waals surface area contributed by atoms with Crippen molar-refractivity contribution in [3.8, 4) is 0 Å². The molecule has 0 saturated carbocycles. The van der Waals surface area contributed by atoms with Gasteiger partial charge < -0.3 is 15.5 Å². The first-order valence-corrected chi connectivity index (χ1v) is 8.39. The van der Waals surface area contributed by atoms with Gasteiger partial charge in [0.1, 0.15) is 6.54 Å². The highest BCUT2D eigenvalue weighted by atomic mass is 35.5. The molecule has 3 amide bonds. The van der Waals surface area contributed by atoms with E-state index in [1.807, 2.05) is 12.1 Å². The van der Waals surface area contributed by atoms with Gasteiger partial charge in [-0.15, -0.1) is 0 Å². The molecule has 0 radical (unpaired) electrons. The zero-order valence-electron chi connectivity index (χ0n) is 14.6. The highest BCUT2D eigenvalue weighted by Crippen LogP contribution is 2.18. The van der Waals surface area contributed by atoms with Gasteiger partial charge in [-0.25, -0.2) is 0 Å². The fourth-order valence-electron chi connectivity index (χ4n) is 2.36. The molecular formula is C19H20ClN3O3. The van der Waals surface area contributed by atoms with Crippen molar-refractivity contribution in [3.05, 3.63) is 59.1 Å². The normalized spacial score (nSPS) is 10.1. The molecule has 136 valence electrons. The second-order valence-electron chi connectivity index (χ2n) is 5.78. The summed E-state index contributed by atoms with van der Waals surface area (Å²) in [4.78, 5) is 36.7. The summed E-state index contributed by atoms with van der Waals surface area (Å²) >= 11 is 6.13. The monoisotopic (exact) mass is 373 g/mol. The summed E-state index contributed by atoms with van der Waals surface area (Å²) in [5.74, 6) is -0.768. The van der Waals surface area contributed by atoms with E-state index in [-0.39, 0.29) is 30.8 Å². The first-order valence-electron chi connectivity index (χ1n) is 8.01. The second-order valence-corrected chi connectivity index (χ2v) is 6.18. The number of carbonyl (C=O) groups is 3. The van der Waals surface area contributed by atoms with Gasteiger partial charge in [-0.05, 0) is 29.8 Å². The molecule has 0 unspecified atom stereocenters. The molecule has 0 aliphatic rings. The number of halogens is 1. The molecule has 0 heterocycles. The number of nitrogens with one attached hydrogen (secondary N) is 2. The van der Waals surface area contributed by atoms with Crippen LogP contribution in [0, 0.1) is 0 Å². The van der Waals surface area contributed by atoms with Gasteiger partial charge in [-0.2, -0.15) is 0 Å². The van der Waals surface area contributed by atoms with Crippen LogP contribution in [0.3, 0.4) is 0 Å². The minimum atomic E-state index is -0.341. The van der Waals surface area contributed by atoms with Gasteiger partial charge in [0.2, 0.25) is 17.7 Å². The van der Waals surface area contributed by atoms with Crippen LogP contribution in [-0.4, -0.2) is 29.2 Å². The molecule has 26 heavy (non-hydrogen) atoms. The van der Waals surface area contributed by atoms with Crippen LogP contribution in [0.25, 0.3) is 0 Å². The zero-order chi connectivity index (χ0) is 19.1. The largest absolute Gasteiger partial charge is 0.329 e. The average molecular weight is 374 g/mol. The summed E-state index contributed by atoms with van der Waals surface area (Å²) in [6.45, 7) is 2.95. The standard InChI is InChI=1S/C19H20ClN3O3/c1-13(24)21-16-7-5-8-17(10-16)22-19(26)12-23(14(2)25)11-15-6-3-4-9-18(15)20/h3-10H,11-12H2,1-2H3,(H,21,24)(H,22,26). The van der Waals surface area contributed by atoms with Gasteiger partial charge in [0.25, 0.3) is 0 Å². The lowest BCUT2D eigenvalue weighted by molar-refractivity contribution is -0.133. The summed E-state index contributed by atoms with van der Waals surface area (Å²) in [7, 11) is 0. The molecule has 2 N–H and O–H groups in total. The van der Waals surface area contributed by atoms with Gasteiger partial charge in [-0.1, -0.05) is 35.9 Å². The Hall–Kier alpha value is -2.86. The third kappa shape index (κ3) is 5.89. The van der Waals surface area contributed by atoms with Crippen molar-refractivity contribution >= 4 is 40.7 Å². The van der Waals surface area contributed by atoms with Gasteiger partial charge in [0, 0.05) is 36.8 Å². The van der Waals surface area contributed by atoms with Crippen molar-refractivity contribution in [1.82, 2.24) is 4.90 Å². The van der Waals surface area contributed by atoms with E-state index in [0.717, 1.165) is 5.56 Å². The van der Waals surface area contributed by atoms with Crippen LogP contribution < -0.4 is 10.6 Å². The number of rotatable bonds is 6. The maximum atomic E-state index is 12.3. The van der Waals surface area contributed by atoms with Crippen molar-refractivity contribution in [2.45, 2.75) is 20.4 Å². The van der Waals surface area contributed by atoms with Crippen LogP contribution in [-0.2, 0) is 20.9 Å². The molecule has 2 aromatic carbocycles. The van der Waals surface area contributed by atoms with Gasteiger partial charge >= 0.3 is 0 Å². The van der Waals surface area contributed by atoms with Crippen molar-refractivity contribution in [2.24, 2.45) is 0 Å². The summed E-state index contributed by atoms with van der Waals surface area (Å²) in [6, 6.07) is 14.0. The highest BCUT2D eigenvalue weighted by molar-refractivity contribution is 6.31. The van der Waals surface area contributed by atoms with Gasteiger partial charge in [-0.3, -0.25) is 14.4 Å². The lowest BCUT2D eigenvalue weighted by Gasteiger charge is -2.21. The van der Waals surface area contributed by atoms with Crippen LogP contribution in [0.1, 0.15) is 19.4 Å². The molecule has 0 saturated heterocycles. The third-order valence-corrected chi connectivity index (χ3v) is 3.93. The van der Waals surface area contributed by atoms with Crippen molar-refractivity contribution in [1.29, 1.82) is 0 Å². The predicted molar refractivity (Wildman–Crippen MR) is 102 cm³/mol. The first kappa shape index (κ1) is 19.5. The molecule has 0 aliphatic heterocycles. The Balaban J connectivity index is 2.03. The van der Waals surface area contributed by atoms with E-state index in [1.54, 1.807) is 36.4 Å². The van der Waals surface area contributed by atoms with Gasteiger partial charge in [0.05, 0.1) is 0 Å². The Morgan fingerprint density at radius 3 is 2.23 bits per heavy atom. The molecule has 0 aromatic heterocycles. The molecule has 7 heteroatoms. The van der Waals surface area contributed by atoms with E-state index in [4.69, 9.17) is 11.6 Å². The van der Waals surface area contributed by atoms with E-state index in [0.29, 0.717) is 16.4 Å². The molecule has 0 spiro atoms. The van der Waals surface area contributed by atoms with E-state index in [2.05, 4.69) is 10.6 Å².